The Morgan fingerprint density at radius 2 is 2.16 bits per heavy atom. The lowest BCUT2D eigenvalue weighted by molar-refractivity contribution is 0.0357. The van der Waals surface area contributed by atoms with Crippen LogP contribution in [0, 0.1) is 0 Å². The number of hydrogen-bond donors (Lipinski definition) is 2. The molecular formula is C13H22ClN3O2. The van der Waals surface area contributed by atoms with Gasteiger partial charge in [0, 0.05) is 38.7 Å². The normalized spacial score (nSPS) is 14.5. The van der Waals surface area contributed by atoms with E-state index in [1.807, 2.05) is 13.8 Å². The van der Waals surface area contributed by atoms with Gasteiger partial charge in [0.1, 0.15) is 16.8 Å². The van der Waals surface area contributed by atoms with Gasteiger partial charge in [-0.1, -0.05) is 25.4 Å². The summed E-state index contributed by atoms with van der Waals surface area (Å²) >= 11 is 5.95. The van der Waals surface area contributed by atoms with E-state index in [4.69, 9.17) is 16.3 Å². The molecule has 0 amide bonds. The molecule has 108 valence electrons. The molecule has 0 spiro atoms. The van der Waals surface area contributed by atoms with Gasteiger partial charge in [0.05, 0.1) is 5.60 Å². The Kier molecular flexibility index (Phi) is 5.97. The Morgan fingerprint density at radius 1 is 1.47 bits per heavy atom. The van der Waals surface area contributed by atoms with Crippen molar-refractivity contribution in [1.29, 1.82) is 0 Å². The van der Waals surface area contributed by atoms with Crippen LogP contribution in [0.5, 0.6) is 0 Å². The Bertz CT molecular complexity index is 411. The van der Waals surface area contributed by atoms with E-state index in [1.165, 1.54) is 0 Å². The van der Waals surface area contributed by atoms with E-state index in [9.17, 15) is 5.11 Å². The molecule has 0 fully saturated rings. The van der Waals surface area contributed by atoms with Gasteiger partial charge in [-0.3, -0.25) is 0 Å². The number of methoxy groups -OCH3 is 1. The first-order valence-corrected chi connectivity index (χ1v) is 6.71. The molecule has 0 aromatic carbocycles. The Morgan fingerprint density at radius 3 is 2.74 bits per heavy atom. The third-order valence-electron chi connectivity index (χ3n) is 2.72. The lowest BCUT2D eigenvalue weighted by Crippen LogP contribution is -2.35. The minimum absolute atomic E-state index is 0.202. The SMILES string of the molecule is COCCC(C)(O)CNc1cc(Cl)nc(C(C)C)n1. The summed E-state index contributed by atoms with van der Waals surface area (Å²) in [4.78, 5) is 8.53. The molecule has 1 unspecified atom stereocenters. The highest BCUT2D eigenvalue weighted by Gasteiger charge is 2.20. The largest absolute Gasteiger partial charge is 0.388 e. The van der Waals surface area contributed by atoms with E-state index in [2.05, 4.69) is 15.3 Å². The van der Waals surface area contributed by atoms with Crippen molar-refractivity contribution in [2.24, 2.45) is 0 Å². The average Bonchev–Trinajstić information content (AvgIpc) is 2.33. The first-order chi connectivity index (χ1) is 8.84. The maximum absolute atomic E-state index is 10.1. The van der Waals surface area contributed by atoms with Crippen molar-refractivity contribution in [3.8, 4) is 0 Å². The van der Waals surface area contributed by atoms with E-state index in [0.717, 1.165) is 0 Å². The maximum Gasteiger partial charge on any atom is 0.135 e. The zero-order valence-corrected chi connectivity index (χ0v) is 12.7. The van der Waals surface area contributed by atoms with Gasteiger partial charge in [0.15, 0.2) is 0 Å². The van der Waals surface area contributed by atoms with Gasteiger partial charge < -0.3 is 15.2 Å². The van der Waals surface area contributed by atoms with E-state index in [0.29, 0.717) is 36.4 Å². The second kappa shape index (κ2) is 7.03. The van der Waals surface area contributed by atoms with Crippen LogP contribution in [-0.4, -0.2) is 40.9 Å². The zero-order valence-electron chi connectivity index (χ0n) is 11.9. The van der Waals surface area contributed by atoms with Gasteiger partial charge in [-0.2, -0.15) is 0 Å². The van der Waals surface area contributed by atoms with Crippen LogP contribution < -0.4 is 5.32 Å². The molecule has 5 nitrogen and oxygen atoms in total. The first kappa shape index (κ1) is 16.1. The summed E-state index contributed by atoms with van der Waals surface area (Å²) in [5.41, 5.74) is -0.856. The van der Waals surface area contributed by atoms with Crippen molar-refractivity contribution < 1.29 is 9.84 Å². The third kappa shape index (κ3) is 5.72. The van der Waals surface area contributed by atoms with Crippen LogP contribution >= 0.6 is 11.6 Å². The molecule has 0 aliphatic heterocycles. The zero-order chi connectivity index (χ0) is 14.5. The summed E-state index contributed by atoms with van der Waals surface area (Å²) in [7, 11) is 1.61. The fourth-order valence-electron chi connectivity index (χ4n) is 1.48. The number of hydrogen-bond acceptors (Lipinski definition) is 5. The minimum Gasteiger partial charge on any atom is -0.388 e. The summed E-state index contributed by atoms with van der Waals surface area (Å²) in [6, 6.07) is 1.65. The molecule has 0 aliphatic rings. The lowest BCUT2D eigenvalue weighted by atomic mass is 10.0. The summed E-state index contributed by atoms with van der Waals surface area (Å²) < 4.78 is 4.96. The van der Waals surface area contributed by atoms with Gasteiger partial charge in [0.25, 0.3) is 0 Å². The monoisotopic (exact) mass is 287 g/mol. The van der Waals surface area contributed by atoms with Crippen LogP contribution in [0.3, 0.4) is 0 Å². The molecule has 0 aliphatic carbocycles. The number of anilines is 1. The Balaban J connectivity index is 2.67. The second-order valence-corrected chi connectivity index (χ2v) is 5.57. The highest BCUT2D eigenvalue weighted by Crippen LogP contribution is 2.18. The number of nitrogens with one attached hydrogen (secondary N) is 1. The quantitative estimate of drug-likeness (QED) is 0.754. The van der Waals surface area contributed by atoms with Gasteiger partial charge in [-0.05, 0) is 6.92 Å². The molecule has 0 saturated heterocycles. The van der Waals surface area contributed by atoms with Gasteiger partial charge >= 0.3 is 0 Å². The van der Waals surface area contributed by atoms with Crippen LogP contribution in [0.2, 0.25) is 5.15 Å². The van der Waals surface area contributed by atoms with Gasteiger partial charge in [-0.15, -0.1) is 0 Å². The van der Waals surface area contributed by atoms with Crippen molar-refractivity contribution in [2.45, 2.75) is 38.7 Å². The van der Waals surface area contributed by atoms with Crippen LogP contribution in [0.25, 0.3) is 0 Å². The predicted octanol–water partition coefficient (Wildman–Crippen LogP) is 2.45. The molecule has 1 aromatic heterocycles. The summed E-state index contributed by atoms with van der Waals surface area (Å²) in [5.74, 6) is 1.51. The summed E-state index contributed by atoms with van der Waals surface area (Å²) in [6.07, 6.45) is 0.548. The second-order valence-electron chi connectivity index (χ2n) is 5.18. The molecule has 1 heterocycles. The molecule has 0 saturated carbocycles. The van der Waals surface area contributed by atoms with E-state index in [1.54, 1.807) is 20.1 Å². The van der Waals surface area contributed by atoms with Gasteiger partial charge in [0.2, 0.25) is 0 Å². The fraction of sp³-hybridized carbons (Fsp3) is 0.692. The summed E-state index contributed by atoms with van der Waals surface area (Å²) in [6.45, 7) is 6.65. The van der Waals surface area contributed by atoms with Crippen LogP contribution in [-0.2, 0) is 4.74 Å². The number of rotatable bonds is 7. The standard InChI is InChI=1S/C13H22ClN3O2/c1-9(2)12-16-10(14)7-11(17-12)15-8-13(3,18)5-6-19-4/h7,9,18H,5-6,8H2,1-4H3,(H,15,16,17). The first-order valence-electron chi connectivity index (χ1n) is 6.34. The van der Waals surface area contributed by atoms with Crippen molar-refractivity contribution in [3.05, 3.63) is 17.0 Å². The number of nitrogens with zero attached hydrogens (tertiary/aromatic N) is 2. The van der Waals surface area contributed by atoms with Crippen molar-refractivity contribution >= 4 is 17.4 Å². The molecule has 0 radical (unpaired) electrons. The molecule has 1 atom stereocenters. The van der Waals surface area contributed by atoms with Crippen LogP contribution in [0.4, 0.5) is 5.82 Å². The number of aromatic nitrogens is 2. The van der Waals surface area contributed by atoms with Crippen molar-refractivity contribution in [2.75, 3.05) is 25.6 Å². The molecule has 2 N–H and O–H groups in total. The van der Waals surface area contributed by atoms with Crippen molar-refractivity contribution in [1.82, 2.24) is 9.97 Å². The number of aliphatic hydroxyl groups is 1. The highest BCUT2D eigenvalue weighted by atomic mass is 35.5. The molecule has 1 aromatic rings. The Hall–Kier alpha value is -0.910. The fourth-order valence-corrected chi connectivity index (χ4v) is 1.67. The number of halogens is 1. The third-order valence-corrected chi connectivity index (χ3v) is 2.92. The highest BCUT2D eigenvalue weighted by molar-refractivity contribution is 6.29. The van der Waals surface area contributed by atoms with E-state index in [-0.39, 0.29) is 5.92 Å². The van der Waals surface area contributed by atoms with Gasteiger partial charge in [-0.25, -0.2) is 9.97 Å². The maximum atomic E-state index is 10.1. The molecule has 19 heavy (non-hydrogen) atoms. The summed E-state index contributed by atoms with van der Waals surface area (Å²) in [5, 5.41) is 13.6. The molecule has 0 bridgehead atoms. The lowest BCUT2D eigenvalue weighted by Gasteiger charge is -2.23. The smallest absolute Gasteiger partial charge is 0.135 e. The topological polar surface area (TPSA) is 67.3 Å². The Labute approximate surface area is 119 Å². The average molecular weight is 288 g/mol. The molecular weight excluding hydrogens is 266 g/mol. The van der Waals surface area contributed by atoms with E-state index < -0.39 is 5.60 Å². The predicted molar refractivity (Wildman–Crippen MR) is 76.7 cm³/mol. The molecule has 6 heteroatoms. The van der Waals surface area contributed by atoms with Crippen molar-refractivity contribution in [3.63, 3.8) is 0 Å². The van der Waals surface area contributed by atoms with Crippen LogP contribution in [0.1, 0.15) is 38.9 Å². The molecule has 1 rings (SSSR count). The minimum atomic E-state index is -0.856. The van der Waals surface area contributed by atoms with E-state index >= 15 is 0 Å². The number of ether oxygens (including phenoxy) is 1. The van der Waals surface area contributed by atoms with Crippen LogP contribution in [0.15, 0.2) is 6.07 Å².